The number of benzene rings is 1. The molecule has 5 heteroatoms. The highest BCUT2D eigenvalue weighted by atomic mass is 16.3. The van der Waals surface area contributed by atoms with Gasteiger partial charge in [0.1, 0.15) is 11.5 Å². The van der Waals surface area contributed by atoms with Crippen molar-refractivity contribution in [3.8, 4) is 5.69 Å². The van der Waals surface area contributed by atoms with Gasteiger partial charge in [-0.3, -0.25) is 4.79 Å². The van der Waals surface area contributed by atoms with Crippen molar-refractivity contribution in [2.24, 2.45) is 0 Å². The Labute approximate surface area is 104 Å². The molecule has 2 heterocycles. The van der Waals surface area contributed by atoms with Crippen molar-refractivity contribution >= 4 is 5.78 Å². The Balaban J connectivity index is 2.27. The number of hydrogen-bond acceptors (Lipinski definition) is 4. The van der Waals surface area contributed by atoms with E-state index in [1.165, 1.54) is 0 Å². The number of carbonyl (C=O) groups excluding carboxylic acids is 1. The predicted molar refractivity (Wildman–Crippen MR) is 64.4 cm³/mol. The minimum atomic E-state index is -0.191. The van der Waals surface area contributed by atoms with Gasteiger partial charge in [0.2, 0.25) is 0 Å². The van der Waals surface area contributed by atoms with E-state index in [2.05, 4.69) is 10.3 Å². The number of aliphatic hydroxyl groups excluding tert-OH is 1. The van der Waals surface area contributed by atoms with Crippen LogP contribution in [0.1, 0.15) is 22.5 Å². The lowest BCUT2D eigenvalue weighted by atomic mass is 10.0. The highest BCUT2D eigenvalue weighted by Crippen LogP contribution is 2.24. The van der Waals surface area contributed by atoms with E-state index < -0.39 is 0 Å². The number of aryl methyl sites for hydroxylation is 1. The van der Waals surface area contributed by atoms with Crippen molar-refractivity contribution in [1.82, 2.24) is 15.0 Å². The van der Waals surface area contributed by atoms with Crippen LogP contribution in [0.3, 0.4) is 0 Å². The first-order chi connectivity index (χ1) is 8.69. The Morgan fingerprint density at radius 2 is 2.22 bits per heavy atom. The molecular formula is C13H13N3O2. The third-order valence-corrected chi connectivity index (χ3v) is 3.21. The van der Waals surface area contributed by atoms with Crippen molar-refractivity contribution < 1.29 is 9.90 Å². The molecule has 5 nitrogen and oxygen atoms in total. The molecule has 0 atom stereocenters. The van der Waals surface area contributed by atoms with Crippen LogP contribution >= 0.6 is 0 Å². The SMILES string of the molecule is Cc1ccc2c(c1)-n1nnc(CO)c1CC(=O)C2. The highest BCUT2D eigenvalue weighted by molar-refractivity contribution is 5.85. The van der Waals surface area contributed by atoms with Gasteiger partial charge in [-0.2, -0.15) is 0 Å². The molecule has 0 aliphatic carbocycles. The van der Waals surface area contributed by atoms with Crippen molar-refractivity contribution in [1.29, 1.82) is 0 Å². The van der Waals surface area contributed by atoms with E-state index in [0.717, 1.165) is 16.8 Å². The van der Waals surface area contributed by atoms with Gasteiger partial charge < -0.3 is 5.11 Å². The number of Topliss-reactive ketones (excluding diaryl/α,β-unsaturated/α-hetero) is 1. The minimum absolute atomic E-state index is 0.121. The van der Waals surface area contributed by atoms with E-state index in [1.54, 1.807) is 4.68 Å². The number of carbonyl (C=O) groups is 1. The number of hydrogen-bond donors (Lipinski definition) is 1. The maximum Gasteiger partial charge on any atom is 0.143 e. The fraction of sp³-hybridized carbons (Fsp3) is 0.308. The van der Waals surface area contributed by atoms with Gasteiger partial charge in [-0.15, -0.1) is 5.10 Å². The molecule has 92 valence electrons. The standard InChI is InChI=1S/C13H13N3O2/c1-8-2-3-9-5-10(18)6-13-11(7-17)14-15-16(13)12(9)4-8/h2-4,17H,5-7H2,1H3. The van der Waals surface area contributed by atoms with Gasteiger partial charge in [0.05, 0.1) is 24.4 Å². The van der Waals surface area contributed by atoms with Crippen molar-refractivity contribution in [2.45, 2.75) is 26.4 Å². The van der Waals surface area contributed by atoms with Crippen molar-refractivity contribution in [3.63, 3.8) is 0 Å². The molecule has 0 radical (unpaired) electrons. The average Bonchev–Trinajstić information content (AvgIpc) is 2.68. The Kier molecular flexibility index (Phi) is 2.48. The van der Waals surface area contributed by atoms with Gasteiger partial charge in [0.15, 0.2) is 0 Å². The number of aromatic nitrogens is 3. The first-order valence-electron chi connectivity index (χ1n) is 5.85. The van der Waals surface area contributed by atoms with E-state index >= 15 is 0 Å². The molecular weight excluding hydrogens is 230 g/mol. The number of fused-ring (bicyclic) bond motifs is 3. The fourth-order valence-corrected chi connectivity index (χ4v) is 2.31. The first-order valence-corrected chi connectivity index (χ1v) is 5.85. The smallest absolute Gasteiger partial charge is 0.143 e. The van der Waals surface area contributed by atoms with E-state index in [-0.39, 0.29) is 18.8 Å². The van der Waals surface area contributed by atoms with Crippen LogP contribution in [0.15, 0.2) is 18.2 Å². The van der Waals surface area contributed by atoms with Crippen LogP contribution in [-0.4, -0.2) is 25.9 Å². The van der Waals surface area contributed by atoms with E-state index in [0.29, 0.717) is 17.8 Å². The summed E-state index contributed by atoms with van der Waals surface area (Å²) in [4.78, 5) is 11.9. The van der Waals surface area contributed by atoms with Gasteiger partial charge in [-0.05, 0) is 24.1 Å². The summed E-state index contributed by atoms with van der Waals surface area (Å²) in [5.41, 5.74) is 4.14. The van der Waals surface area contributed by atoms with E-state index in [9.17, 15) is 9.90 Å². The van der Waals surface area contributed by atoms with Crippen LogP contribution in [0.25, 0.3) is 5.69 Å². The molecule has 1 aliphatic heterocycles. The lowest BCUT2D eigenvalue weighted by molar-refractivity contribution is -0.117. The Morgan fingerprint density at radius 1 is 1.39 bits per heavy atom. The third kappa shape index (κ3) is 1.64. The van der Waals surface area contributed by atoms with Gasteiger partial charge in [-0.1, -0.05) is 17.3 Å². The van der Waals surface area contributed by atoms with Crippen molar-refractivity contribution in [3.05, 3.63) is 40.7 Å². The summed E-state index contributed by atoms with van der Waals surface area (Å²) in [5.74, 6) is 0.121. The van der Waals surface area contributed by atoms with Crippen LogP contribution in [0.2, 0.25) is 0 Å². The summed E-state index contributed by atoms with van der Waals surface area (Å²) < 4.78 is 1.68. The quantitative estimate of drug-likeness (QED) is 0.802. The third-order valence-electron chi connectivity index (χ3n) is 3.21. The topological polar surface area (TPSA) is 68.0 Å². The monoisotopic (exact) mass is 243 g/mol. The summed E-state index contributed by atoms with van der Waals surface area (Å²) in [5, 5.41) is 17.2. The molecule has 0 bridgehead atoms. The van der Waals surface area contributed by atoms with Gasteiger partial charge in [-0.25, -0.2) is 4.68 Å². The summed E-state index contributed by atoms with van der Waals surface area (Å²) in [6.45, 7) is 1.81. The molecule has 1 aromatic heterocycles. The zero-order valence-electron chi connectivity index (χ0n) is 10.1. The summed E-state index contributed by atoms with van der Waals surface area (Å²) in [7, 11) is 0. The maximum atomic E-state index is 11.9. The Bertz CT molecular complexity index is 631. The number of nitrogens with zero attached hydrogens (tertiary/aromatic N) is 3. The molecule has 0 amide bonds. The zero-order chi connectivity index (χ0) is 12.7. The minimum Gasteiger partial charge on any atom is -0.390 e. The zero-order valence-corrected chi connectivity index (χ0v) is 10.1. The highest BCUT2D eigenvalue weighted by Gasteiger charge is 2.23. The van der Waals surface area contributed by atoms with E-state index in [1.807, 2.05) is 25.1 Å². The molecule has 1 aliphatic rings. The summed E-state index contributed by atoms with van der Waals surface area (Å²) >= 11 is 0. The van der Waals surface area contributed by atoms with Crippen LogP contribution in [-0.2, 0) is 24.2 Å². The second-order valence-electron chi connectivity index (χ2n) is 4.58. The molecule has 0 saturated heterocycles. The molecule has 3 rings (SSSR count). The number of ketones is 1. The molecule has 0 spiro atoms. The summed E-state index contributed by atoms with van der Waals surface area (Å²) in [6, 6.07) is 5.94. The lowest BCUT2D eigenvalue weighted by Gasteiger charge is -2.07. The molecule has 0 saturated carbocycles. The summed E-state index contributed by atoms with van der Waals surface area (Å²) in [6.07, 6.45) is 0.681. The second-order valence-corrected chi connectivity index (χ2v) is 4.58. The van der Waals surface area contributed by atoms with Crippen LogP contribution in [0, 0.1) is 6.92 Å². The first kappa shape index (κ1) is 11.1. The number of rotatable bonds is 1. The molecule has 18 heavy (non-hydrogen) atoms. The molecule has 0 unspecified atom stereocenters. The van der Waals surface area contributed by atoms with Gasteiger partial charge >= 0.3 is 0 Å². The molecule has 2 aromatic rings. The van der Waals surface area contributed by atoms with Crippen LogP contribution in [0.5, 0.6) is 0 Å². The second kappa shape index (κ2) is 4.03. The van der Waals surface area contributed by atoms with Gasteiger partial charge in [0.25, 0.3) is 0 Å². The Morgan fingerprint density at radius 3 is 3.00 bits per heavy atom. The van der Waals surface area contributed by atoms with Gasteiger partial charge in [0, 0.05) is 6.42 Å². The molecule has 1 aromatic carbocycles. The normalized spacial score (nSPS) is 14.0. The molecule has 0 fully saturated rings. The average molecular weight is 243 g/mol. The Hall–Kier alpha value is -2.01. The lowest BCUT2D eigenvalue weighted by Crippen LogP contribution is -2.07. The van der Waals surface area contributed by atoms with Crippen LogP contribution in [0.4, 0.5) is 0 Å². The molecule has 1 N–H and O–H groups in total. The van der Waals surface area contributed by atoms with Crippen molar-refractivity contribution in [2.75, 3.05) is 0 Å². The number of aliphatic hydroxyl groups is 1. The van der Waals surface area contributed by atoms with Crippen LogP contribution < -0.4 is 0 Å². The predicted octanol–water partition coefficient (Wildman–Crippen LogP) is 0.736. The fourth-order valence-electron chi connectivity index (χ4n) is 2.31. The maximum absolute atomic E-state index is 11.9. The van der Waals surface area contributed by atoms with E-state index in [4.69, 9.17) is 0 Å². The largest absolute Gasteiger partial charge is 0.390 e.